The van der Waals surface area contributed by atoms with Gasteiger partial charge in [0.1, 0.15) is 12.4 Å². The second-order valence-corrected chi connectivity index (χ2v) is 11.0. The Morgan fingerprint density at radius 3 is 2.46 bits per heavy atom. The van der Waals surface area contributed by atoms with Crippen LogP contribution in [-0.4, -0.2) is 49.2 Å². The van der Waals surface area contributed by atoms with E-state index in [9.17, 15) is 9.18 Å². The topological polar surface area (TPSA) is 65.8 Å². The van der Waals surface area contributed by atoms with Gasteiger partial charge in [0.15, 0.2) is 5.90 Å². The van der Waals surface area contributed by atoms with Crippen molar-refractivity contribution in [3.05, 3.63) is 92.8 Å². The number of halogens is 3. The van der Waals surface area contributed by atoms with Crippen molar-refractivity contribution in [1.82, 2.24) is 4.90 Å². The van der Waals surface area contributed by atoms with E-state index in [-0.39, 0.29) is 23.4 Å². The van der Waals surface area contributed by atoms with E-state index in [4.69, 9.17) is 33.3 Å². The van der Waals surface area contributed by atoms with Crippen LogP contribution in [0.15, 0.2) is 76.4 Å². The van der Waals surface area contributed by atoms with Gasteiger partial charge in [-0.2, -0.15) is 0 Å². The lowest BCUT2D eigenvalue weighted by Crippen LogP contribution is -2.39. The fraction of sp³-hybridized carbons (Fsp3) is 0.424. The van der Waals surface area contributed by atoms with Gasteiger partial charge in [0, 0.05) is 36.7 Å². The Kier molecular flexibility index (Phi) is 13.8. The van der Waals surface area contributed by atoms with E-state index in [0.29, 0.717) is 41.2 Å². The molecule has 1 aliphatic heterocycles. The van der Waals surface area contributed by atoms with Crippen molar-refractivity contribution in [3.8, 4) is 0 Å². The van der Waals surface area contributed by atoms with E-state index in [1.54, 1.807) is 27.0 Å². The molecule has 0 bridgehead atoms. The van der Waals surface area contributed by atoms with Crippen molar-refractivity contribution >= 4 is 40.7 Å². The standard InChI is InChI=1S/C33H42Cl2FN3O2/c1-8-10-27(12-11-25-15-17-39(18-16-25)31(40)20-38-24(6)41-7)26(9-2)19-28(23(5)37)21(3)22(4)32-29(34)13-14-30(36)33(32)35/h8-10,12-14,19,22,25,37H,2,11,15-18,20H2,1,3-7H3/b10-8?,26-19+,27-12?,28-21+,37-23?,38-24?. The number of nitrogens with zero attached hydrogens (tertiary/aromatic N) is 2. The number of hydrogen-bond donors (Lipinski definition) is 1. The van der Waals surface area contributed by atoms with E-state index < -0.39 is 5.82 Å². The van der Waals surface area contributed by atoms with Gasteiger partial charge in [-0.25, -0.2) is 9.38 Å². The molecule has 1 N–H and O–H groups in total. The lowest BCUT2D eigenvalue weighted by molar-refractivity contribution is -0.131. The molecule has 222 valence electrons. The van der Waals surface area contributed by atoms with Gasteiger partial charge in [-0.15, -0.1) is 0 Å². The molecule has 0 aliphatic carbocycles. The van der Waals surface area contributed by atoms with Crippen LogP contribution in [0, 0.1) is 17.1 Å². The number of nitrogens with one attached hydrogen (secondary N) is 1. The molecule has 1 aliphatic rings. The van der Waals surface area contributed by atoms with E-state index in [1.165, 1.54) is 12.1 Å². The summed E-state index contributed by atoms with van der Waals surface area (Å²) in [5, 5.41) is 8.90. The van der Waals surface area contributed by atoms with Crippen molar-refractivity contribution in [1.29, 1.82) is 5.41 Å². The molecule has 5 nitrogen and oxygen atoms in total. The third kappa shape index (κ3) is 9.54. The largest absolute Gasteiger partial charge is 0.484 e. The molecular formula is C33H42Cl2FN3O2. The molecule has 0 spiro atoms. The Morgan fingerprint density at radius 1 is 1.24 bits per heavy atom. The van der Waals surface area contributed by atoms with E-state index >= 15 is 0 Å². The van der Waals surface area contributed by atoms with Gasteiger partial charge in [-0.05, 0) is 86.4 Å². The Bertz CT molecular complexity index is 1290. The maximum absolute atomic E-state index is 14.3. The number of likely N-dealkylation sites (tertiary alicyclic amines) is 1. The molecule has 1 amide bonds. The summed E-state index contributed by atoms with van der Waals surface area (Å²) in [5.41, 5.74) is 4.34. The first kappa shape index (κ1) is 34.2. The fourth-order valence-corrected chi connectivity index (χ4v) is 5.54. The molecule has 2 rings (SSSR count). The number of rotatable bonds is 11. The van der Waals surface area contributed by atoms with Gasteiger partial charge in [0.05, 0.1) is 12.1 Å². The average Bonchev–Trinajstić information content (AvgIpc) is 2.96. The first-order valence-electron chi connectivity index (χ1n) is 13.8. The molecule has 0 radical (unpaired) electrons. The number of ether oxygens (including phenoxy) is 1. The quantitative estimate of drug-likeness (QED) is 0.119. The van der Waals surface area contributed by atoms with Gasteiger partial charge in [0.25, 0.3) is 0 Å². The molecule has 1 heterocycles. The van der Waals surface area contributed by atoms with Crippen LogP contribution in [-0.2, 0) is 9.53 Å². The zero-order chi connectivity index (χ0) is 30.7. The van der Waals surface area contributed by atoms with E-state index in [0.717, 1.165) is 41.6 Å². The first-order valence-corrected chi connectivity index (χ1v) is 14.6. The molecule has 1 aromatic carbocycles. The fourth-order valence-electron chi connectivity index (χ4n) is 4.84. The molecule has 1 saturated heterocycles. The minimum atomic E-state index is -0.524. The predicted octanol–water partition coefficient (Wildman–Crippen LogP) is 8.90. The third-order valence-corrected chi connectivity index (χ3v) is 8.27. The monoisotopic (exact) mass is 601 g/mol. The highest BCUT2D eigenvalue weighted by molar-refractivity contribution is 6.36. The zero-order valence-corrected chi connectivity index (χ0v) is 26.5. The highest BCUT2D eigenvalue weighted by Gasteiger charge is 2.23. The summed E-state index contributed by atoms with van der Waals surface area (Å²) in [7, 11) is 1.54. The van der Waals surface area contributed by atoms with Crippen LogP contribution in [0.1, 0.15) is 65.4 Å². The number of carbonyl (C=O) groups is 1. The molecular weight excluding hydrogens is 560 g/mol. The van der Waals surface area contributed by atoms with Gasteiger partial charge < -0.3 is 15.0 Å². The molecule has 0 saturated carbocycles. The summed E-state index contributed by atoms with van der Waals surface area (Å²) in [6, 6.07) is 2.76. The molecule has 1 aromatic rings. The summed E-state index contributed by atoms with van der Waals surface area (Å²) < 4.78 is 19.3. The van der Waals surface area contributed by atoms with Gasteiger partial charge >= 0.3 is 0 Å². The van der Waals surface area contributed by atoms with Crippen LogP contribution in [0.25, 0.3) is 0 Å². The summed E-state index contributed by atoms with van der Waals surface area (Å²) in [6.45, 7) is 14.8. The molecule has 0 aromatic heterocycles. The van der Waals surface area contributed by atoms with E-state index in [1.807, 2.05) is 43.9 Å². The molecule has 8 heteroatoms. The number of methoxy groups -OCH3 is 1. The molecule has 41 heavy (non-hydrogen) atoms. The number of amides is 1. The van der Waals surface area contributed by atoms with Gasteiger partial charge in [-0.1, -0.05) is 66.6 Å². The second-order valence-electron chi connectivity index (χ2n) is 10.3. The lowest BCUT2D eigenvalue weighted by atomic mass is 9.87. The summed E-state index contributed by atoms with van der Waals surface area (Å²) in [6.07, 6.45) is 12.7. The maximum Gasteiger partial charge on any atom is 0.244 e. The average molecular weight is 603 g/mol. The van der Waals surface area contributed by atoms with Crippen LogP contribution in [0.4, 0.5) is 4.39 Å². The number of aliphatic imine (C=N–C) groups is 1. The minimum Gasteiger partial charge on any atom is -0.484 e. The predicted molar refractivity (Wildman–Crippen MR) is 171 cm³/mol. The van der Waals surface area contributed by atoms with E-state index in [2.05, 4.69) is 17.6 Å². The smallest absolute Gasteiger partial charge is 0.244 e. The summed E-state index contributed by atoms with van der Waals surface area (Å²) in [4.78, 5) is 18.5. The summed E-state index contributed by atoms with van der Waals surface area (Å²) >= 11 is 12.7. The Labute approximate surface area is 254 Å². The minimum absolute atomic E-state index is 0.000626. The van der Waals surface area contributed by atoms with Crippen LogP contribution in [0.3, 0.4) is 0 Å². The van der Waals surface area contributed by atoms with Crippen LogP contribution >= 0.6 is 23.2 Å². The Balaban J connectivity index is 2.29. The van der Waals surface area contributed by atoms with Crippen LogP contribution in [0.5, 0.6) is 0 Å². The highest BCUT2D eigenvalue weighted by atomic mass is 35.5. The van der Waals surface area contributed by atoms with Crippen molar-refractivity contribution in [2.24, 2.45) is 10.9 Å². The number of hydrogen-bond acceptors (Lipinski definition) is 4. The van der Waals surface area contributed by atoms with Crippen LogP contribution in [0.2, 0.25) is 10.0 Å². The summed E-state index contributed by atoms with van der Waals surface area (Å²) in [5.74, 6) is 0.143. The van der Waals surface area contributed by atoms with Crippen molar-refractivity contribution in [2.45, 2.75) is 59.8 Å². The second kappa shape index (κ2) is 16.5. The number of benzene rings is 1. The van der Waals surface area contributed by atoms with Crippen molar-refractivity contribution < 1.29 is 13.9 Å². The Hall–Kier alpha value is -2.96. The first-order chi connectivity index (χ1) is 19.4. The number of carbonyl (C=O) groups excluding carboxylic acids is 1. The zero-order valence-electron chi connectivity index (χ0n) is 25.0. The third-order valence-electron chi connectivity index (χ3n) is 7.56. The maximum atomic E-state index is 14.3. The van der Waals surface area contributed by atoms with Crippen molar-refractivity contribution in [2.75, 3.05) is 26.7 Å². The number of allylic oxidation sites excluding steroid dienone is 9. The molecule has 1 atom stereocenters. The molecule has 1 fully saturated rings. The molecule has 1 unspecified atom stereocenters. The van der Waals surface area contributed by atoms with Crippen LogP contribution < -0.4 is 0 Å². The van der Waals surface area contributed by atoms with Gasteiger partial charge in [-0.3, -0.25) is 4.79 Å². The van der Waals surface area contributed by atoms with Gasteiger partial charge in [0.2, 0.25) is 5.91 Å². The lowest BCUT2D eigenvalue weighted by Gasteiger charge is -2.31. The highest BCUT2D eigenvalue weighted by Crippen LogP contribution is 2.38. The normalized spacial score (nSPS) is 17.0. The van der Waals surface area contributed by atoms with Crippen molar-refractivity contribution in [3.63, 3.8) is 0 Å². The number of piperidine rings is 1. The Morgan fingerprint density at radius 2 is 1.90 bits per heavy atom. The SMILES string of the molecule is C=C/C(=C\C(C(C)=N)=C(\C)C(C)c1c(Cl)ccc(F)c1Cl)C(C=CC)=CCC1CCN(C(=O)CN=C(C)OC)CC1.